The lowest BCUT2D eigenvalue weighted by Crippen LogP contribution is -2.52. The second kappa shape index (κ2) is 12.4. The number of hydrogen-bond donors (Lipinski definition) is 2. The van der Waals surface area contributed by atoms with E-state index < -0.39 is 35.9 Å². The van der Waals surface area contributed by atoms with Crippen LogP contribution < -0.4 is 5.32 Å². The van der Waals surface area contributed by atoms with E-state index in [1.807, 2.05) is 43.3 Å². The Balaban J connectivity index is 1.47. The van der Waals surface area contributed by atoms with E-state index in [2.05, 4.69) is 16.4 Å². The minimum Gasteiger partial charge on any atom is -0.439 e. The number of carbonyl (C=O) groups is 3. The highest BCUT2D eigenvalue weighted by Crippen LogP contribution is 2.32. The number of carbonyl (C=O) groups excluding carboxylic acids is 3. The molecular formula is C30H38N2O7. The minimum atomic E-state index is -1.36. The SMILES string of the molecule is CC1C(=O)CCC(OC/C=C/c2cnc3ccccc3c2)C[C@@H](C)C(=O)C(C)[C@H]2NC(=O)O[C@]2(C)COC1O. The van der Waals surface area contributed by atoms with Crippen LogP contribution in [0.3, 0.4) is 0 Å². The van der Waals surface area contributed by atoms with E-state index in [-0.39, 0.29) is 36.6 Å². The number of alkyl carbamates (subject to hydrolysis) is 1. The number of aliphatic hydroxyl groups is 1. The molecule has 0 saturated carbocycles. The van der Waals surface area contributed by atoms with Gasteiger partial charge in [-0.25, -0.2) is 4.79 Å². The third-order valence-electron chi connectivity index (χ3n) is 7.85. The van der Waals surface area contributed by atoms with Crippen LogP contribution in [0, 0.1) is 17.8 Å². The second-order valence-corrected chi connectivity index (χ2v) is 11.0. The monoisotopic (exact) mass is 538 g/mol. The first-order valence-electron chi connectivity index (χ1n) is 13.6. The summed E-state index contributed by atoms with van der Waals surface area (Å²) in [6, 6.07) is 9.31. The van der Waals surface area contributed by atoms with Gasteiger partial charge >= 0.3 is 6.09 Å². The van der Waals surface area contributed by atoms with E-state index >= 15 is 0 Å². The van der Waals surface area contributed by atoms with Crippen molar-refractivity contribution in [3.8, 4) is 0 Å². The normalized spacial score (nSPS) is 33.0. The number of Topliss-reactive ketones (excluding diaryl/α,β-unsaturated/α-hetero) is 2. The lowest BCUT2D eigenvalue weighted by atomic mass is 9.80. The Hall–Kier alpha value is -3.14. The first-order chi connectivity index (χ1) is 18.6. The number of pyridine rings is 1. The van der Waals surface area contributed by atoms with E-state index in [1.54, 1.807) is 27.0 Å². The number of fused-ring (bicyclic) bond motifs is 2. The van der Waals surface area contributed by atoms with Crippen molar-refractivity contribution in [2.24, 2.45) is 17.8 Å². The molecule has 0 spiro atoms. The van der Waals surface area contributed by atoms with Crippen LogP contribution >= 0.6 is 0 Å². The average Bonchev–Trinajstić information content (AvgIpc) is 3.24. The van der Waals surface area contributed by atoms with Gasteiger partial charge in [0.2, 0.25) is 0 Å². The Labute approximate surface area is 228 Å². The van der Waals surface area contributed by atoms with Crippen LogP contribution in [0.5, 0.6) is 0 Å². The standard InChI is InChI=1S/C30H38N2O7/c1-18-14-23(37-13-7-8-21-15-22-9-5-6-10-24(22)31-16-21)11-12-25(33)19(2)28(35)38-17-30(4)27(20(3)26(18)34)32-29(36)39-30/h5-10,15-16,18-20,23,27-28,35H,11-14,17H2,1-4H3,(H,32,36)/b8-7+/t18-,19?,20?,23?,27-,28?,30-/m1/s1. The number of aromatic nitrogens is 1. The number of ether oxygens (including phenoxy) is 3. The van der Waals surface area contributed by atoms with E-state index in [0.717, 1.165) is 16.5 Å². The smallest absolute Gasteiger partial charge is 0.408 e. The maximum atomic E-state index is 13.4. The number of amides is 1. The van der Waals surface area contributed by atoms with Crippen LogP contribution in [0.4, 0.5) is 4.79 Å². The molecule has 2 N–H and O–H groups in total. The van der Waals surface area contributed by atoms with Crippen molar-refractivity contribution in [1.82, 2.24) is 10.3 Å². The molecule has 3 heterocycles. The number of rotatable bonds is 4. The van der Waals surface area contributed by atoms with Crippen molar-refractivity contribution in [1.29, 1.82) is 0 Å². The number of hydrogen-bond acceptors (Lipinski definition) is 8. The molecular weight excluding hydrogens is 500 g/mol. The van der Waals surface area contributed by atoms with Crippen LogP contribution in [-0.2, 0) is 23.8 Å². The molecule has 0 radical (unpaired) electrons. The summed E-state index contributed by atoms with van der Waals surface area (Å²) in [5, 5.41) is 14.3. The van der Waals surface area contributed by atoms with E-state index in [0.29, 0.717) is 19.4 Å². The Morgan fingerprint density at radius 2 is 1.95 bits per heavy atom. The van der Waals surface area contributed by atoms with Gasteiger partial charge in [0.15, 0.2) is 11.9 Å². The second-order valence-electron chi connectivity index (χ2n) is 11.0. The summed E-state index contributed by atoms with van der Waals surface area (Å²) in [7, 11) is 0. The molecule has 39 heavy (non-hydrogen) atoms. The predicted molar refractivity (Wildman–Crippen MR) is 146 cm³/mol. The highest BCUT2D eigenvalue weighted by molar-refractivity contribution is 5.85. The molecule has 9 heteroatoms. The van der Waals surface area contributed by atoms with Gasteiger partial charge in [0.1, 0.15) is 11.6 Å². The molecule has 2 aliphatic heterocycles. The van der Waals surface area contributed by atoms with Gasteiger partial charge in [0.05, 0.1) is 36.8 Å². The molecule has 2 fully saturated rings. The zero-order valence-corrected chi connectivity index (χ0v) is 23.0. The van der Waals surface area contributed by atoms with Gasteiger partial charge in [-0.15, -0.1) is 0 Å². The van der Waals surface area contributed by atoms with Gasteiger partial charge in [0, 0.05) is 29.8 Å². The van der Waals surface area contributed by atoms with Gasteiger partial charge in [-0.2, -0.15) is 0 Å². The first kappa shape index (κ1) is 28.9. The van der Waals surface area contributed by atoms with Gasteiger partial charge in [0.25, 0.3) is 0 Å². The van der Waals surface area contributed by atoms with Crippen molar-refractivity contribution in [3.05, 3.63) is 48.2 Å². The molecule has 2 aromatic rings. The van der Waals surface area contributed by atoms with Crippen molar-refractivity contribution in [3.63, 3.8) is 0 Å². The number of nitrogens with one attached hydrogen (secondary N) is 1. The average molecular weight is 539 g/mol. The van der Waals surface area contributed by atoms with E-state index in [9.17, 15) is 19.5 Å². The zero-order chi connectivity index (χ0) is 28.2. The van der Waals surface area contributed by atoms with E-state index in [4.69, 9.17) is 14.2 Å². The topological polar surface area (TPSA) is 124 Å². The highest BCUT2D eigenvalue weighted by Gasteiger charge is 2.51. The molecule has 2 aliphatic rings. The zero-order valence-electron chi connectivity index (χ0n) is 23.0. The third kappa shape index (κ3) is 6.90. The van der Waals surface area contributed by atoms with Gasteiger partial charge in [-0.1, -0.05) is 51.1 Å². The maximum absolute atomic E-state index is 13.4. The van der Waals surface area contributed by atoms with Crippen LogP contribution in [0.15, 0.2) is 42.6 Å². The molecule has 7 atom stereocenters. The minimum absolute atomic E-state index is 0.0410. The highest BCUT2D eigenvalue weighted by atomic mass is 16.6. The summed E-state index contributed by atoms with van der Waals surface area (Å²) >= 11 is 0. The van der Waals surface area contributed by atoms with E-state index in [1.165, 1.54) is 0 Å². The number of aliphatic hydroxyl groups excluding tert-OH is 1. The summed E-state index contributed by atoms with van der Waals surface area (Å²) in [4.78, 5) is 42.8. The van der Waals surface area contributed by atoms with Crippen LogP contribution in [0.25, 0.3) is 17.0 Å². The Morgan fingerprint density at radius 3 is 2.74 bits per heavy atom. The van der Waals surface area contributed by atoms with Crippen LogP contribution in [0.1, 0.15) is 52.5 Å². The number of benzene rings is 1. The molecule has 210 valence electrons. The van der Waals surface area contributed by atoms with Crippen molar-refractivity contribution in [2.45, 2.75) is 71.0 Å². The largest absolute Gasteiger partial charge is 0.439 e. The maximum Gasteiger partial charge on any atom is 0.408 e. The fraction of sp³-hybridized carbons (Fsp3) is 0.533. The molecule has 9 nitrogen and oxygen atoms in total. The summed E-state index contributed by atoms with van der Waals surface area (Å²) in [6.45, 7) is 7.04. The third-order valence-corrected chi connectivity index (χ3v) is 7.85. The number of nitrogens with zero attached hydrogens (tertiary/aromatic N) is 1. The Bertz CT molecular complexity index is 1230. The molecule has 1 amide bonds. The molecule has 4 unspecified atom stereocenters. The molecule has 0 bridgehead atoms. The summed E-state index contributed by atoms with van der Waals surface area (Å²) < 4.78 is 17.2. The van der Waals surface area contributed by atoms with Gasteiger partial charge < -0.3 is 24.6 Å². The fourth-order valence-corrected chi connectivity index (χ4v) is 5.39. The molecule has 0 aliphatic carbocycles. The first-order valence-corrected chi connectivity index (χ1v) is 13.6. The lowest BCUT2D eigenvalue weighted by molar-refractivity contribution is -0.173. The number of ketones is 2. The van der Waals surface area contributed by atoms with Gasteiger partial charge in [-0.3, -0.25) is 14.6 Å². The lowest BCUT2D eigenvalue weighted by Gasteiger charge is -2.34. The molecule has 1 aromatic carbocycles. The quantitative estimate of drug-likeness (QED) is 0.597. The van der Waals surface area contributed by atoms with Crippen molar-refractivity contribution < 1.29 is 33.7 Å². The van der Waals surface area contributed by atoms with Crippen molar-refractivity contribution in [2.75, 3.05) is 13.2 Å². The Morgan fingerprint density at radius 1 is 1.18 bits per heavy atom. The van der Waals surface area contributed by atoms with Crippen molar-refractivity contribution >= 4 is 34.6 Å². The number of para-hydroxylation sites is 1. The Kier molecular flexibility index (Phi) is 9.15. The fourth-order valence-electron chi connectivity index (χ4n) is 5.39. The molecule has 4 rings (SSSR count). The van der Waals surface area contributed by atoms with Crippen LogP contribution in [-0.4, -0.2) is 65.0 Å². The predicted octanol–water partition coefficient (Wildman–Crippen LogP) is 4.07. The molecule has 2 saturated heterocycles. The summed E-state index contributed by atoms with van der Waals surface area (Å²) in [5.74, 6) is -1.90. The summed E-state index contributed by atoms with van der Waals surface area (Å²) in [6.07, 6.45) is 4.29. The molecule has 1 aromatic heterocycles. The van der Waals surface area contributed by atoms with Crippen LogP contribution in [0.2, 0.25) is 0 Å². The summed E-state index contributed by atoms with van der Waals surface area (Å²) in [5.41, 5.74) is 0.706. The van der Waals surface area contributed by atoms with Gasteiger partial charge in [-0.05, 0) is 37.5 Å².